The number of carbonyl (C=O) groups excluding carboxylic acids is 1. The Labute approximate surface area is 185 Å². The third-order valence-corrected chi connectivity index (χ3v) is 5.71. The van der Waals surface area contributed by atoms with Crippen molar-refractivity contribution < 1.29 is 9.53 Å². The van der Waals surface area contributed by atoms with Crippen LogP contribution in [0.15, 0.2) is 29.3 Å². The monoisotopic (exact) mass is 500 g/mol. The number of carbonyl (C=O) groups is 1. The van der Waals surface area contributed by atoms with E-state index in [2.05, 4.69) is 27.8 Å². The zero-order valence-corrected chi connectivity index (χ0v) is 19.7. The third kappa shape index (κ3) is 5.30. The molecule has 1 atom stereocenters. The molecule has 7 heteroatoms. The van der Waals surface area contributed by atoms with Gasteiger partial charge in [-0.15, -0.1) is 24.0 Å². The second-order valence-corrected chi connectivity index (χ2v) is 8.00. The Kier molecular flexibility index (Phi) is 7.97. The van der Waals surface area contributed by atoms with E-state index in [0.29, 0.717) is 0 Å². The van der Waals surface area contributed by atoms with Gasteiger partial charge in [0.05, 0.1) is 7.11 Å². The van der Waals surface area contributed by atoms with Gasteiger partial charge in [0.1, 0.15) is 5.75 Å². The summed E-state index contributed by atoms with van der Waals surface area (Å²) in [6.07, 6.45) is 3.33. The third-order valence-electron chi connectivity index (χ3n) is 5.71. The number of nitrogens with one attached hydrogen (secondary N) is 2. The van der Waals surface area contributed by atoms with Gasteiger partial charge in [0.2, 0.25) is 5.91 Å². The van der Waals surface area contributed by atoms with Crippen molar-refractivity contribution in [1.82, 2.24) is 15.5 Å². The van der Waals surface area contributed by atoms with Crippen LogP contribution in [0.1, 0.15) is 38.7 Å². The number of rotatable bonds is 6. The Morgan fingerprint density at radius 3 is 2.54 bits per heavy atom. The Balaban J connectivity index is 0.00000280. The number of aliphatic imine (C=N–C) groups is 1. The maximum atomic E-state index is 12.2. The molecule has 1 aliphatic carbocycles. The van der Waals surface area contributed by atoms with Crippen LogP contribution < -0.4 is 15.4 Å². The minimum absolute atomic E-state index is 0. The summed E-state index contributed by atoms with van der Waals surface area (Å²) in [7, 11) is 3.49. The average molecular weight is 500 g/mol. The molecule has 1 amide bonds. The SMILES string of the molecule is CN=C(NCC1(c2ccc(OC)cc2)CC1)NC1CCN(C(=O)C(C)C)C1.I. The van der Waals surface area contributed by atoms with E-state index < -0.39 is 0 Å². The molecule has 0 bridgehead atoms. The summed E-state index contributed by atoms with van der Waals surface area (Å²) in [6, 6.07) is 8.64. The van der Waals surface area contributed by atoms with Gasteiger partial charge in [-0.3, -0.25) is 9.79 Å². The van der Waals surface area contributed by atoms with E-state index in [-0.39, 0.29) is 47.3 Å². The van der Waals surface area contributed by atoms with Gasteiger partial charge in [-0.25, -0.2) is 0 Å². The van der Waals surface area contributed by atoms with Crippen LogP contribution in [0.3, 0.4) is 0 Å². The molecular weight excluding hydrogens is 467 g/mol. The summed E-state index contributed by atoms with van der Waals surface area (Å²) in [5, 5.41) is 6.98. The van der Waals surface area contributed by atoms with E-state index in [1.807, 2.05) is 30.9 Å². The highest BCUT2D eigenvalue weighted by molar-refractivity contribution is 14.0. The number of likely N-dealkylation sites (tertiary alicyclic amines) is 1. The van der Waals surface area contributed by atoms with Gasteiger partial charge in [0.25, 0.3) is 0 Å². The van der Waals surface area contributed by atoms with E-state index in [9.17, 15) is 4.79 Å². The second-order valence-electron chi connectivity index (χ2n) is 8.00. The van der Waals surface area contributed by atoms with E-state index in [1.165, 1.54) is 18.4 Å². The van der Waals surface area contributed by atoms with E-state index >= 15 is 0 Å². The minimum atomic E-state index is 0. The van der Waals surface area contributed by atoms with Crippen LogP contribution >= 0.6 is 24.0 Å². The molecule has 1 heterocycles. The molecule has 1 aliphatic heterocycles. The van der Waals surface area contributed by atoms with Gasteiger partial charge >= 0.3 is 0 Å². The first-order valence-electron chi connectivity index (χ1n) is 9.88. The molecule has 156 valence electrons. The van der Waals surface area contributed by atoms with Gasteiger partial charge in [-0.1, -0.05) is 26.0 Å². The predicted octanol–water partition coefficient (Wildman–Crippen LogP) is 2.77. The molecule has 1 saturated heterocycles. The molecule has 0 radical (unpaired) electrons. The molecule has 0 spiro atoms. The lowest BCUT2D eigenvalue weighted by Crippen LogP contribution is -2.47. The molecule has 6 nitrogen and oxygen atoms in total. The van der Waals surface area contributed by atoms with Crippen LogP contribution in [0.4, 0.5) is 0 Å². The summed E-state index contributed by atoms with van der Waals surface area (Å²) in [5.74, 6) is 2.00. The van der Waals surface area contributed by atoms with Crippen molar-refractivity contribution in [3.05, 3.63) is 29.8 Å². The highest BCUT2D eigenvalue weighted by Gasteiger charge is 2.44. The van der Waals surface area contributed by atoms with E-state index in [1.54, 1.807) is 14.2 Å². The Morgan fingerprint density at radius 2 is 2.00 bits per heavy atom. The number of amides is 1. The van der Waals surface area contributed by atoms with Crippen molar-refractivity contribution >= 4 is 35.8 Å². The standard InChI is InChI=1S/C21H32N4O2.HI/c1-15(2)19(26)25-12-9-17(13-25)24-20(22-3)23-14-21(10-11-21)16-5-7-18(27-4)8-6-16;/h5-8,15,17H,9-14H2,1-4H3,(H2,22,23,24);1H. The largest absolute Gasteiger partial charge is 0.497 e. The van der Waals surface area contributed by atoms with Gasteiger partial charge in [-0.05, 0) is 37.0 Å². The number of halogens is 1. The summed E-state index contributed by atoms with van der Waals surface area (Å²) in [4.78, 5) is 18.5. The quantitative estimate of drug-likeness (QED) is 0.358. The molecule has 28 heavy (non-hydrogen) atoms. The van der Waals surface area contributed by atoms with Crippen molar-refractivity contribution in [3.8, 4) is 5.75 Å². The predicted molar refractivity (Wildman–Crippen MR) is 124 cm³/mol. The summed E-state index contributed by atoms with van der Waals surface area (Å²) < 4.78 is 5.26. The molecule has 1 aromatic carbocycles. The Morgan fingerprint density at radius 1 is 1.32 bits per heavy atom. The molecule has 3 rings (SSSR count). The number of benzene rings is 1. The fraction of sp³-hybridized carbons (Fsp3) is 0.619. The molecule has 1 saturated carbocycles. The van der Waals surface area contributed by atoms with Crippen LogP contribution in [0.25, 0.3) is 0 Å². The zero-order valence-electron chi connectivity index (χ0n) is 17.3. The molecule has 1 unspecified atom stereocenters. The van der Waals surface area contributed by atoms with Gasteiger partial charge < -0.3 is 20.3 Å². The van der Waals surface area contributed by atoms with Crippen LogP contribution in [0.5, 0.6) is 5.75 Å². The van der Waals surface area contributed by atoms with Crippen LogP contribution in [-0.4, -0.2) is 56.6 Å². The second kappa shape index (κ2) is 9.80. The van der Waals surface area contributed by atoms with E-state index in [0.717, 1.165) is 37.8 Å². The number of nitrogens with zero attached hydrogens (tertiary/aromatic N) is 2. The molecule has 2 aliphatic rings. The lowest BCUT2D eigenvalue weighted by Gasteiger charge is -2.22. The molecule has 1 aromatic rings. The first-order valence-corrected chi connectivity index (χ1v) is 9.88. The number of methoxy groups -OCH3 is 1. The highest BCUT2D eigenvalue weighted by atomic mass is 127. The number of ether oxygens (including phenoxy) is 1. The average Bonchev–Trinajstić information content (AvgIpc) is 3.34. The summed E-state index contributed by atoms with van der Waals surface area (Å²) in [6.45, 7) is 6.35. The first kappa shape index (κ1) is 22.8. The van der Waals surface area contributed by atoms with Gasteiger partial charge in [0, 0.05) is 44.1 Å². The minimum Gasteiger partial charge on any atom is -0.497 e. The fourth-order valence-corrected chi connectivity index (χ4v) is 3.75. The molecular formula is C21H33IN4O2. The molecule has 0 aromatic heterocycles. The Bertz CT molecular complexity index is 686. The first-order chi connectivity index (χ1) is 13.0. The number of hydrogen-bond acceptors (Lipinski definition) is 3. The van der Waals surface area contributed by atoms with E-state index in [4.69, 9.17) is 4.74 Å². The lowest BCUT2D eigenvalue weighted by atomic mass is 9.96. The number of guanidine groups is 1. The lowest BCUT2D eigenvalue weighted by molar-refractivity contribution is -0.133. The normalized spacial score (nSPS) is 20.5. The van der Waals surface area contributed by atoms with Crippen LogP contribution in [0.2, 0.25) is 0 Å². The topological polar surface area (TPSA) is 66.0 Å². The van der Waals surface area contributed by atoms with Gasteiger partial charge in [-0.2, -0.15) is 0 Å². The smallest absolute Gasteiger partial charge is 0.225 e. The van der Waals surface area contributed by atoms with Crippen LogP contribution in [0, 0.1) is 5.92 Å². The number of hydrogen-bond donors (Lipinski definition) is 2. The van der Waals surface area contributed by atoms with Gasteiger partial charge in [0.15, 0.2) is 5.96 Å². The highest BCUT2D eigenvalue weighted by Crippen LogP contribution is 2.47. The van der Waals surface area contributed by atoms with Crippen molar-refractivity contribution in [2.24, 2.45) is 10.9 Å². The van der Waals surface area contributed by atoms with Crippen molar-refractivity contribution in [2.45, 2.75) is 44.6 Å². The maximum absolute atomic E-state index is 12.2. The van der Waals surface area contributed by atoms with Crippen LogP contribution in [-0.2, 0) is 10.2 Å². The van der Waals surface area contributed by atoms with Crippen molar-refractivity contribution in [1.29, 1.82) is 0 Å². The zero-order chi connectivity index (χ0) is 19.4. The van der Waals surface area contributed by atoms with Crippen molar-refractivity contribution in [2.75, 3.05) is 33.8 Å². The molecule has 2 N–H and O–H groups in total. The Hall–Kier alpha value is -1.51. The summed E-state index contributed by atoms with van der Waals surface area (Å²) >= 11 is 0. The summed E-state index contributed by atoms with van der Waals surface area (Å²) in [5.41, 5.74) is 1.54. The fourth-order valence-electron chi connectivity index (χ4n) is 3.75. The maximum Gasteiger partial charge on any atom is 0.225 e. The molecule has 2 fully saturated rings. The van der Waals surface area contributed by atoms with Crippen molar-refractivity contribution in [3.63, 3.8) is 0 Å².